The van der Waals surface area contributed by atoms with Crippen LogP contribution in [0.1, 0.15) is 5.56 Å². The molecule has 1 N–H and O–H groups in total. The summed E-state index contributed by atoms with van der Waals surface area (Å²) < 4.78 is 1.49. The van der Waals surface area contributed by atoms with Crippen molar-refractivity contribution in [3.05, 3.63) is 41.3 Å². The van der Waals surface area contributed by atoms with Gasteiger partial charge in [-0.2, -0.15) is 5.10 Å². The molecule has 0 atom stereocenters. The maximum Gasteiger partial charge on any atom is 0.307 e. The van der Waals surface area contributed by atoms with E-state index in [-0.39, 0.29) is 6.42 Å². The Bertz CT molecular complexity index is 524. The van der Waals surface area contributed by atoms with Gasteiger partial charge in [-0.1, -0.05) is 17.7 Å². The van der Waals surface area contributed by atoms with Crippen LogP contribution in [0, 0.1) is 0 Å². The van der Waals surface area contributed by atoms with E-state index in [1.807, 2.05) is 0 Å². The Kier molecular flexibility index (Phi) is 2.87. The minimum atomic E-state index is -0.890. The summed E-state index contributed by atoms with van der Waals surface area (Å²) in [6.07, 6.45) is 3.06. The van der Waals surface area contributed by atoms with Gasteiger partial charge in [0.25, 0.3) is 0 Å². The van der Waals surface area contributed by atoms with Crippen LogP contribution in [-0.2, 0) is 11.2 Å². The van der Waals surface area contributed by atoms with Crippen LogP contribution in [0.5, 0.6) is 0 Å². The molecule has 2 aromatic heterocycles. The zero-order valence-electron chi connectivity index (χ0n) is 8.17. The first-order valence-corrected chi connectivity index (χ1v) is 4.91. The molecule has 0 aliphatic heterocycles. The molecule has 2 rings (SSSR count). The molecule has 0 radical (unpaired) electrons. The summed E-state index contributed by atoms with van der Waals surface area (Å²) in [5.74, 6) is -0.331. The summed E-state index contributed by atoms with van der Waals surface area (Å²) in [6, 6.07) is 5.15. The third kappa shape index (κ3) is 2.38. The van der Waals surface area contributed by atoms with Gasteiger partial charge < -0.3 is 5.11 Å². The topological polar surface area (TPSA) is 68.0 Å². The van der Waals surface area contributed by atoms with Crippen molar-refractivity contribution in [2.45, 2.75) is 6.42 Å². The van der Waals surface area contributed by atoms with Crippen molar-refractivity contribution in [1.82, 2.24) is 14.8 Å². The Morgan fingerprint density at radius 3 is 3.00 bits per heavy atom. The first kappa shape index (κ1) is 10.6. The van der Waals surface area contributed by atoms with Gasteiger partial charge in [-0.25, -0.2) is 9.67 Å². The van der Waals surface area contributed by atoms with E-state index < -0.39 is 5.97 Å². The van der Waals surface area contributed by atoms with Crippen molar-refractivity contribution in [1.29, 1.82) is 0 Å². The number of pyridine rings is 1. The monoisotopic (exact) mass is 237 g/mol. The fraction of sp³-hybridized carbons (Fsp3) is 0.100. The Labute approximate surface area is 96.3 Å². The van der Waals surface area contributed by atoms with Crippen molar-refractivity contribution in [2.24, 2.45) is 0 Å². The molecule has 16 heavy (non-hydrogen) atoms. The van der Waals surface area contributed by atoms with Gasteiger partial charge in [-0.05, 0) is 12.1 Å². The third-order valence-corrected chi connectivity index (χ3v) is 2.14. The van der Waals surface area contributed by atoms with E-state index in [4.69, 9.17) is 16.7 Å². The van der Waals surface area contributed by atoms with Crippen LogP contribution in [0.2, 0.25) is 5.15 Å². The van der Waals surface area contributed by atoms with Crippen LogP contribution in [0.25, 0.3) is 5.82 Å². The van der Waals surface area contributed by atoms with Crippen molar-refractivity contribution in [3.63, 3.8) is 0 Å². The summed E-state index contributed by atoms with van der Waals surface area (Å²) in [6.45, 7) is 0. The Hall–Kier alpha value is -1.88. The van der Waals surface area contributed by atoms with Crippen LogP contribution in [0.4, 0.5) is 0 Å². The fourth-order valence-corrected chi connectivity index (χ4v) is 1.44. The van der Waals surface area contributed by atoms with E-state index >= 15 is 0 Å². The standard InChI is InChI=1S/C10H8ClN3O2/c11-8-2-1-3-9(13-8)14-6-7(5-12-14)4-10(15)16/h1-3,5-6H,4H2,(H,15,16). The van der Waals surface area contributed by atoms with E-state index in [1.54, 1.807) is 24.4 Å². The van der Waals surface area contributed by atoms with Gasteiger partial charge in [0.05, 0.1) is 12.6 Å². The van der Waals surface area contributed by atoms with Crippen molar-refractivity contribution >= 4 is 17.6 Å². The quantitative estimate of drug-likeness (QED) is 0.823. The molecule has 0 spiro atoms. The van der Waals surface area contributed by atoms with Crippen LogP contribution < -0.4 is 0 Å². The summed E-state index contributed by atoms with van der Waals surface area (Å²) >= 11 is 5.74. The second kappa shape index (κ2) is 4.32. The first-order valence-electron chi connectivity index (χ1n) is 4.53. The number of aromatic nitrogens is 3. The lowest BCUT2D eigenvalue weighted by Gasteiger charge is -1.99. The highest BCUT2D eigenvalue weighted by atomic mass is 35.5. The molecule has 2 aromatic rings. The summed E-state index contributed by atoms with van der Waals surface area (Å²) in [5, 5.41) is 13.0. The number of nitrogens with zero attached hydrogens (tertiary/aromatic N) is 3. The average molecular weight is 238 g/mol. The minimum absolute atomic E-state index is 0.0550. The number of rotatable bonds is 3. The highest BCUT2D eigenvalue weighted by Crippen LogP contribution is 2.10. The van der Waals surface area contributed by atoms with E-state index in [1.165, 1.54) is 10.9 Å². The summed E-state index contributed by atoms with van der Waals surface area (Å²) in [4.78, 5) is 14.5. The predicted molar refractivity (Wildman–Crippen MR) is 57.7 cm³/mol. The van der Waals surface area contributed by atoms with Crippen LogP contribution in [0.15, 0.2) is 30.6 Å². The molecule has 5 nitrogen and oxygen atoms in total. The molecule has 6 heteroatoms. The second-order valence-corrected chi connectivity index (χ2v) is 3.57. The number of carboxylic acids is 1. The predicted octanol–water partition coefficient (Wildman–Crippen LogP) is 1.55. The number of aliphatic carboxylic acids is 1. The van der Waals surface area contributed by atoms with E-state index in [2.05, 4.69) is 10.1 Å². The highest BCUT2D eigenvalue weighted by molar-refractivity contribution is 6.29. The lowest BCUT2D eigenvalue weighted by Crippen LogP contribution is -1.99. The number of halogens is 1. The van der Waals surface area contributed by atoms with E-state index in [0.717, 1.165) is 0 Å². The normalized spacial score (nSPS) is 10.3. The van der Waals surface area contributed by atoms with Crippen molar-refractivity contribution in [2.75, 3.05) is 0 Å². The Morgan fingerprint density at radius 1 is 1.50 bits per heavy atom. The summed E-state index contributed by atoms with van der Waals surface area (Å²) in [5.41, 5.74) is 0.620. The van der Waals surface area contributed by atoms with Crippen molar-refractivity contribution < 1.29 is 9.90 Å². The number of carboxylic acid groups (broad SMARTS) is 1. The molecular weight excluding hydrogens is 230 g/mol. The van der Waals surface area contributed by atoms with Gasteiger partial charge in [0.2, 0.25) is 0 Å². The van der Waals surface area contributed by atoms with Gasteiger partial charge in [0.15, 0.2) is 5.82 Å². The average Bonchev–Trinajstić information content (AvgIpc) is 2.65. The molecule has 0 bridgehead atoms. The van der Waals surface area contributed by atoms with E-state index in [9.17, 15) is 4.79 Å². The largest absolute Gasteiger partial charge is 0.481 e. The van der Waals surface area contributed by atoms with Gasteiger partial charge in [0.1, 0.15) is 5.15 Å². The molecule has 0 saturated carbocycles. The van der Waals surface area contributed by atoms with Gasteiger partial charge >= 0.3 is 5.97 Å². The molecule has 0 aliphatic rings. The maximum atomic E-state index is 10.5. The maximum absolute atomic E-state index is 10.5. The Morgan fingerprint density at radius 2 is 2.31 bits per heavy atom. The van der Waals surface area contributed by atoms with E-state index in [0.29, 0.717) is 16.5 Å². The highest BCUT2D eigenvalue weighted by Gasteiger charge is 2.05. The molecule has 0 unspecified atom stereocenters. The minimum Gasteiger partial charge on any atom is -0.481 e. The fourth-order valence-electron chi connectivity index (χ4n) is 1.28. The molecule has 0 saturated heterocycles. The van der Waals surface area contributed by atoms with Crippen LogP contribution in [-0.4, -0.2) is 25.8 Å². The smallest absolute Gasteiger partial charge is 0.307 e. The lowest BCUT2D eigenvalue weighted by molar-refractivity contribution is -0.136. The Balaban J connectivity index is 2.28. The third-order valence-electron chi connectivity index (χ3n) is 1.93. The molecule has 0 aromatic carbocycles. The van der Waals surface area contributed by atoms with Crippen LogP contribution in [0.3, 0.4) is 0 Å². The van der Waals surface area contributed by atoms with Gasteiger partial charge in [-0.3, -0.25) is 4.79 Å². The van der Waals surface area contributed by atoms with Gasteiger partial charge in [0, 0.05) is 11.8 Å². The van der Waals surface area contributed by atoms with Crippen LogP contribution >= 0.6 is 11.6 Å². The zero-order valence-corrected chi connectivity index (χ0v) is 8.92. The van der Waals surface area contributed by atoms with Crippen molar-refractivity contribution in [3.8, 4) is 5.82 Å². The molecule has 0 amide bonds. The number of hydrogen-bond acceptors (Lipinski definition) is 3. The lowest BCUT2D eigenvalue weighted by atomic mass is 10.3. The first-order chi connectivity index (χ1) is 7.65. The number of carbonyl (C=O) groups is 1. The SMILES string of the molecule is O=C(O)Cc1cnn(-c2cccc(Cl)n2)c1. The summed E-state index contributed by atoms with van der Waals surface area (Å²) in [7, 11) is 0. The zero-order chi connectivity index (χ0) is 11.5. The second-order valence-electron chi connectivity index (χ2n) is 3.18. The molecule has 0 fully saturated rings. The van der Waals surface area contributed by atoms with Gasteiger partial charge in [-0.15, -0.1) is 0 Å². The molecule has 82 valence electrons. The molecule has 0 aliphatic carbocycles. The number of hydrogen-bond donors (Lipinski definition) is 1. The molecular formula is C10H8ClN3O2. The molecule has 2 heterocycles.